The van der Waals surface area contributed by atoms with E-state index < -0.39 is 11.4 Å². The third-order valence-corrected chi connectivity index (χ3v) is 3.56. The summed E-state index contributed by atoms with van der Waals surface area (Å²) in [5.74, 6) is -0.515. The molecule has 0 radical (unpaired) electrons. The van der Waals surface area contributed by atoms with Crippen LogP contribution < -0.4 is 4.74 Å². The van der Waals surface area contributed by atoms with E-state index in [2.05, 4.69) is 0 Å². The predicted molar refractivity (Wildman–Crippen MR) is 71.7 cm³/mol. The van der Waals surface area contributed by atoms with Crippen molar-refractivity contribution < 1.29 is 23.4 Å². The SMILES string of the molecule is CCOC1(C(=O)c2ccc(OC)cc2F)CCOCC1. The fourth-order valence-corrected chi connectivity index (χ4v) is 2.47. The van der Waals surface area contributed by atoms with Crippen LogP contribution in [0.1, 0.15) is 30.1 Å². The molecular formula is C15H19FO4. The third kappa shape index (κ3) is 2.83. The number of rotatable bonds is 5. The van der Waals surface area contributed by atoms with E-state index in [1.807, 2.05) is 6.92 Å². The molecular weight excluding hydrogens is 263 g/mol. The molecule has 0 saturated carbocycles. The second kappa shape index (κ2) is 6.33. The van der Waals surface area contributed by atoms with Crippen LogP contribution in [0.3, 0.4) is 0 Å². The second-order valence-corrected chi connectivity index (χ2v) is 4.71. The van der Waals surface area contributed by atoms with Gasteiger partial charge in [-0.1, -0.05) is 0 Å². The van der Waals surface area contributed by atoms with Crippen LogP contribution in [-0.4, -0.2) is 38.3 Å². The minimum absolute atomic E-state index is 0.0427. The minimum Gasteiger partial charge on any atom is -0.497 e. The Bertz CT molecular complexity index is 475. The molecule has 2 rings (SSSR count). The first-order valence-electron chi connectivity index (χ1n) is 6.73. The lowest BCUT2D eigenvalue weighted by Crippen LogP contribution is -2.46. The Kier molecular flexibility index (Phi) is 4.73. The van der Waals surface area contributed by atoms with Crippen molar-refractivity contribution in [2.75, 3.05) is 26.9 Å². The van der Waals surface area contributed by atoms with Gasteiger partial charge in [-0.15, -0.1) is 0 Å². The van der Waals surface area contributed by atoms with E-state index in [1.54, 1.807) is 6.07 Å². The maximum absolute atomic E-state index is 14.1. The zero-order valence-electron chi connectivity index (χ0n) is 11.8. The predicted octanol–water partition coefficient (Wildman–Crippen LogP) is 2.60. The van der Waals surface area contributed by atoms with Gasteiger partial charge in [0.15, 0.2) is 5.78 Å². The number of hydrogen-bond donors (Lipinski definition) is 0. The van der Waals surface area contributed by atoms with Crippen LogP contribution >= 0.6 is 0 Å². The maximum atomic E-state index is 14.1. The number of methoxy groups -OCH3 is 1. The molecule has 0 N–H and O–H groups in total. The Balaban J connectivity index is 2.32. The molecule has 4 nitrogen and oxygen atoms in total. The summed E-state index contributed by atoms with van der Waals surface area (Å²) >= 11 is 0. The molecule has 20 heavy (non-hydrogen) atoms. The fraction of sp³-hybridized carbons (Fsp3) is 0.533. The first-order valence-corrected chi connectivity index (χ1v) is 6.73. The molecule has 0 bridgehead atoms. The normalized spacial score (nSPS) is 17.8. The van der Waals surface area contributed by atoms with Crippen LogP contribution in [0, 0.1) is 5.82 Å². The number of benzene rings is 1. The smallest absolute Gasteiger partial charge is 0.197 e. The van der Waals surface area contributed by atoms with Crippen LogP contribution in [-0.2, 0) is 9.47 Å². The molecule has 1 saturated heterocycles. The van der Waals surface area contributed by atoms with Gasteiger partial charge in [0.1, 0.15) is 17.2 Å². The van der Waals surface area contributed by atoms with E-state index in [1.165, 1.54) is 19.2 Å². The molecule has 0 amide bonds. The molecule has 1 heterocycles. The molecule has 0 aromatic heterocycles. The van der Waals surface area contributed by atoms with Crippen LogP contribution in [0.4, 0.5) is 4.39 Å². The first kappa shape index (κ1) is 14.9. The summed E-state index contributed by atoms with van der Waals surface area (Å²) in [5.41, 5.74) is -0.927. The summed E-state index contributed by atoms with van der Waals surface area (Å²) in [6.45, 7) is 3.13. The van der Waals surface area contributed by atoms with Gasteiger partial charge in [-0.25, -0.2) is 4.39 Å². The quantitative estimate of drug-likeness (QED) is 0.779. The number of halogens is 1. The summed E-state index contributed by atoms with van der Waals surface area (Å²) in [7, 11) is 1.45. The minimum atomic E-state index is -0.970. The largest absolute Gasteiger partial charge is 0.497 e. The summed E-state index contributed by atoms with van der Waals surface area (Å²) in [5, 5.41) is 0. The lowest BCUT2D eigenvalue weighted by molar-refractivity contribution is -0.0823. The topological polar surface area (TPSA) is 44.8 Å². The molecule has 0 aliphatic carbocycles. The Hall–Kier alpha value is -1.46. The maximum Gasteiger partial charge on any atom is 0.197 e. The number of hydrogen-bond acceptors (Lipinski definition) is 4. The molecule has 0 atom stereocenters. The van der Waals surface area contributed by atoms with Gasteiger partial charge < -0.3 is 14.2 Å². The van der Waals surface area contributed by atoms with Gasteiger partial charge in [-0.3, -0.25) is 4.79 Å². The lowest BCUT2D eigenvalue weighted by atomic mass is 9.85. The number of carbonyl (C=O) groups is 1. The summed E-state index contributed by atoms with van der Waals surface area (Å²) < 4.78 is 30.0. The highest BCUT2D eigenvalue weighted by molar-refractivity contribution is 6.03. The lowest BCUT2D eigenvalue weighted by Gasteiger charge is -2.35. The van der Waals surface area contributed by atoms with Crippen molar-refractivity contribution in [1.29, 1.82) is 0 Å². The zero-order chi connectivity index (χ0) is 14.6. The number of ether oxygens (including phenoxy) is 3. The van der Waals surface area contributed by atoms with Gasteiger partial charge in [-0.2, -0.15) is 0 Å². The van der Waals surface area contributed by atoms with Crippen LogP contribution in [0.2, 0.25) is 0 Å². The molecule has 1 aromatic carbocycles. The summed E-state index contributed by atoms with van der Waals surface area (Å²) in [4.78, 5) is 12.7. The molecule has 110 valence electrons. The Morgan fingerprint density at radius 3 is 2.65 bits per heavy atom. The van der Waals surface area contributed by atoms with Gasteiger partial charge in [0.05, 0.1) is 12.7 Å². The molecule has 5 heteroatoms. The monoisotopic (exact) mass is 282 g/mol. The van der Waals surface area contributed by atoms with Crippen molar-refractivity contribution >= 4 is 5.78 Å². The van der Waals surface area contributed by atoms with E-state index in [4.69, 9.17) is 14.2 Å². The fourth-order valence-electron chi connectivity index (χ4n) is 2.47. The standard InChI is InChI=1S/C15H19FO4/c1-3-20-15(6-8-19-9-7-15)14(17)12-5-4-11(18-2)10-13(12)16/h4-5,10H,3,6-9H2,1-2H3. The van der Waals surface area contributed by atoms with Crippen LogP contribution in [0.15, 0.2) is 18.2 Å². The van der Waals surface area contributed by atoms with Crippen molar-refractivity contribution in [2.45, 2.75) is 25.4 Å². The Labute approximate surface area is 117 Å². The third-order valence-electron chi connectivity index (χ3n) is 3.56. The average Bonchev–Trinajstić information content (AvgIpc) is 2.47. The number of ketones is 1. The highest BCUT2D eigenvalue weighted by Gasteiger charge is 2.42. The number of Topliss-reactive ketones (excluding diaryl/α,β-unsaturated/α-hetero) is 1. The van der Waals surface area contributed by atoms with Gasteiger partial charge >= 0.3 is 0 Å². The van der Waals surface area contributed by atoms with Crippen molar-refractivity contribution in [3.63, 3.8) is 0 Å². The van der Waals surface area contributed by atoms with Crippen molar-refractivity contribution in [1.82, 2.24) is 0 Å². The van der Waals surface area contributed by atoms with E-state index in [0.29, 0.717) is 38.4 Å². The molecule has 1 aliphatic rings. The molecule has 1 fully saturated rings. The van der Waals surface area contributed by atoms with Crippen molar-refractivity contribution in [3.8, 4) is 5.75 Å². The van der Waals surface area contributed by atoms with Crippen molar-refractivity contribution in [3.05, 3.63) is 29.6 Å². The summed E-state index contributed by atoms with van der Waals surface area (Å²) in [6, 6.07) is 4.24. The van der Waals surface area contributed by atoms with Gasteiger partial charge in [0.2, 0.25) is 0 Å². The van der Waals surface area contributed by atoms with Gasteiger partial charge in [0.25, 0.3) is 0 Å². The highest BCUT2D eigenvalue weighted by atomic mass is 19.1. The zero-order valence-corrected chi connectivity index (χ0v) is 11.8. The first-order chi connectivity index (χ1) is 9.63. The van der Waals surface area contributed by atoms with Crippen molar-refractivity contribution in [2.24, 2.45) is 0 Å². The molecule has 0 spiro atoms. The molecule has 1 aliphatic heterocycles. The van der Waals surface area contributed by atoms with E-state index >= 15 is 0 Å². The van der Waals surface area contributed by atoms with Gasteiger partial charge in [0, 0.05) is 38.7 Å². The van der Waals surface area contributed by atoms with E-state index in [0.717, 1.165) is 0 Å². The Morgan fingerprint density at radius 2 is 2.10 bits per heavy atom. The highest BCUT2D eigenvalue weighted by Crippen LogP contribution is 2.31. The molecule has 1 aromatic rings. The van der Waals surface area contributed by atoms with E-state index in [9.17, 15) is 9.18 Å². The van der Waals surface area contributed by atoms with Crippen LogP contribution in [0.5, 0.6) is 5.75 Å². The molecule has 0 unspecified atom stereocenters. The van der Waals surface area contributed by atoms with E-state index in [-0.39, 0.29) is 11.3 Å². The average molecular weight is 282 g/mol. The van der Waals surface area contributed by atoms with Gasteiger partial charge in [-0.05, 0) is 19.1 Å². The summed E-state index contributed by atoms with van der Waals surface area (Å²) in [6.07, 6.45) is 0.899. The van der Waals surface area contributed by atoms with Crippen LogP contribution in [0.25, 0.3) is 0 Å². The second-order valence-electron chi connectivity index (χ2n) is 4.71. The Morgan fingerprint density at radius 1 is 1.40 bits per heavy atom. The number of carbonyl (C=O) groups excluding carboxylic acids is 1.